The highest BCUT2D eigenvalue weighted by molar-refractivity contribution is 7.93. The Hall–Kier alpha value is -3.27. The summed E-state index contributed by atoms with van der Waals surface area (Å²) in [6.45, 7) is 0. The van der Waals surface area contributed by atoms with Gasteiger partial charge in [-0.05, 0) is 62.3 Å². The maximum atomic E-state index is 16.2. The predicted octanol–water partition coefficient (Wildman–Crippen LogP) is 6.18. The summed E-state index contributed by atoms with van der Waals surface area (Å²) in [6.07, 6.45) is 5.70. The number of hydrogen-bond donors (Lipinski definition) is 2. The molecule has 0 atom stereocenters. The molecular formula is C30H25ClF3N5O4S3. The molecule has 2 N–H and O–H groups in total. The van der Waals surface area contributed by atoms with E-state index in [-0.39, 0.29) is 50.6 Å². The van der Waals surface area contributed by atoms with Crippen molar-refractivity contribution < 1.29 is 30.0 Å². The molecule has 240 valence electrons. The molecule has 5 fully saturated rings. The van der Waals surface area contributed by atoms with Gasteiger partial charge in [-0.15, -0.1) is 11.3 Å². The SMILES string of the molecule is O=S1(=O)CC2(CC(Nc3ncc(Cl)c(-c4sc(C56CC(C5)C6)nc4-c4cccc(NS(=O)(=O)c5c(F)cccc5F)c4F)n3)C2)C1. The molecule has 2 aromatic carbocycles. The third kappa shape index (κ3) is 4.80. The van der Waals surface area contributed by atoms with Gasteiger partial charge in [0, 0.05) is 22.4 Å². The summed E-state index contributed by atoms with van der Waals surface area (Å²) in [5.41, 5.74) is -0.340. The van der Waals surface area contributed by atoms with Gasteiger partial charge in [0.25, 0.3) is 10.0 Å². The van der Waals surface area contributed by atoms with E-state index in [4.69, 9.17) is 16.6 Å². The Bertz CT molecular complexity index is 2120. The Morgan fingerprint density at radius 3 is 2.24 bits per heavy atom. The highest BCUT2D eigenvalue weighted by atomic mass is 35.5. The van der Waals surface area contributed by atoms with Crippen molar-refractivity contribution in [3.63, 3.8) is 0 Å². The van der Waals surface area contributed by atoms with Gasteiger partial charge in [-0.3, -0.25) is 4.72 Å². The summed E-state index contributed by atoms with van der Waals surface area (Å²) < 4.78 is 96.2. The molecule has 1 saturated heterocycles. The fraction of sp³-hybridized carbons (Fsp3) is 0.367. The van der Waals surface area contributed by atoms with E-state index in [9.17, 15) is 25.6 Å². The van der Waals surface area contributed by atoms with Crippen molar-refractivity contribution in [2.75, 3.05) is 21.5 Å². The summed E-state index contributed by atoms with van der Waals surface area (Å²) in [4.78, 5) is 13.1. The molecule has 0 unspecified atom stereocenters. The molecule has 9 nitrogen and oxygen atoms in total. The molecule has 1 aliphatic heterocycles. The zero-order chi connectivity index (χ0) is 32.2. The molecule has 16 heteroatoms. The lowest BCUT2D eigenvalue weighted by Crippen LogP contribution is -2.60. The van der Waals surface area contributed by atoms with E-state index in [1.165, 1.54) is 29.7 Å². The first kappa shape index (κ1) is 30.1. The van der Waals surface area contributed by atoms with E-state index in [1.807, 2.05) is 4.72 Å². The molecule has 2 aromatic heterocycles. The first-order chi connectivity index (χ1) is 21.8. The van der Waals surface area contributed by atoms with Crippen molar-refractivity contribution in [1.29, 1.82) is 0 Å². The van der Waals surface area contributed by atoms with E-state index in [2.05, 4.69) is 15.3 Å². The van der Waals surface area contributed by atoms with E-state index >= 15 is 4.39 Å². The topological polar surface area (TPSA) is 131 Å². The van der Waals surface area contributed by atoms with Crippen LogP contribution in [0.5, 0.6) is 0 Å². The molecule has 46 heavy (non-hydrogen) atoms. The van der Waals surface area contributed by atoms with Crippen molar-refractivity contribution in [3.8, 4) is 21.8 Å². The maximum absolute atomic E-state index is 16.2. The summed E-state index contributed by atoms with van der Waals surface area (Å²) in [7, 11) is -7.79. The van der Waals surface area contributed by atoms with Crippen LogP contribution in [0.3, 0.4) is 0 Å². The number of aromatic nitrogens is 3. The van der Waals surface area contributed by atoms with Gasteiger partial charge in [0.15, 0.2) is 20.5 Å². The van der Waals surface area contributed by atoms with Crippen LogP contribution in [0.1, 0.15) is 37.1 Å². The molecule has 0 amide bonds. The Labute approximate surface area is 271 Å². The number of halogens is 4. The standard InChI is InChI=1S/C30H25ClF3N5O4S3/c31-18-12-35-28(36-16-10-29(11-16)13-45(40,41)14-29)38-24(18)25-23(37-27(44-25)30-7-15(8-30)9-30)17-3-1-6-21(22(17)34)39-46(42,43)26-19(32)4-2-5-20(26)33/h1-6,12,15-16,39H,7-11,13-14H2,(H,35,36,38). The van der Waals surface area contributed by atoms with Gasteiger partial charge >= 0.3 is 0 Å². The van der Waals surface area contributed by atoms with Crippen molar-refractivity contribution in [2.45, 2.75) is 48.5 Å². The molecule has 4 aliphatic carbocycles. The van der Waals surface area contributed by atoms with Crippen LogP contribution in [-0.2, 0) is 25.3 Å². The van der Waals surface area contributed by atoms with Crippen LogP contribution in [0.4, 0.5) is 24.8 Å². The number of anilines is 2. The molecule has 3 heterocycles. The molecule has 0 radical (unpaired) electrons. The van der Waals surface area contributed by atoms with Crippen LogP contribution in [0.15, 0.2) is 47.5 Å². The third-order valence-corrected chi connectivity index (χ3v) is 14.6. The van der Waals surface area contributed by atoms with Gasteiger partial charge in [-0.1, -0.05) is 23.7 Å². The number of nitrogens with zero attached hydrogens (tertiary/aromatic N) is 3. The van der Waals surface area contributed by atoms with Gasteiger partial charge in [0.05, 0.1) is 39.0 Å². The maximum Gasteiger partial charge on any atom is 0.267 e. The Balaban J connectivity index is 1.15. The molecule has 4 saturated carbocycles. The molecule has 9 rings (SSSR count). The van der Waals surface area contributed by atoms with E-state index in [0.717, 1.165) is 48.5 Å². The van der Waals surface area contributed by atoms with Crippen molar-refractivity contribution in [1.82, 2.24) is 15.0 Å². The quantitative estimate of drug-likeness (QED) is 0.222. The van der Waals surface area contributed by atoms with Crippen molar-refractivity contribution in [2.24, 2.45) is 11.3 Å². The minimum absolute atomic E-state index is 0.0109. The summed E-state index contributed by atoms with van der Waals surface area (Å²) >= 11 is 7.97. The monoisotopic (exact) mass is 707 g/mol. The fourth-order valence-electron chi connectivity index (χ4n) is 7.35. The normalized spacial score (nSPS) is 24.0. The van der Waals surface area contributed by atoms with Crippen LogP contribution in [0.2, 0.25) is 5.02 Å². The van der Waals surface area contributed by atoms with Gasteiger partial charge in [0.1, 0.15) is 22.3 Å². The largest absolute Gasteiger partial charge is 0.351 e. The molecular weight excluding hydrogens is 683 g/mol. The van der Waals surface area contributed by atoms with Crippen LogP contribution in [0.25, 0.3) is 21.8 Å². The highest BCUT2D eigenvalue weighted by Gasteiger charge is 2.59. The van der Waals surface area contributed by atoms with E-state index < -0.39 is 47.9 Å². The number of thiazole rings is 1. The number of benzene rings is 2. The molecule has 4 aromatic rings. The minimum Gasteiger partial charge on any atom is -0.351 e. The second-order valence-electron chi connectivity index (χ2n) is 13.0. The lowest BCUT2D eigenvalue weighted by Gasteiger charge is -2.60. The van der Waals surface area contributed by atoms with Crippen LogP contribution in [0, 0.1) is 28.8 Å². The first-order valence-corrected chi connectivity index (χ1v) is 19.0. The van der Waals surface area contributed by atoms with Gasteiger partial charge in [-0.2, -0.15) is 0 Å². The highest BCUT2D eigenvalue weighted by Crippen LogP contribution is 2.66. The zero-order valence-electron chi connectivity index (χ0n) is 23.9. The van der Waals surface area contributed by atoms with Crippen LogP contribution in [-0.4, -0.2) is 49.3 Å². The van der Waals surface area contributed by atoms with Crippen molar-refractivity contribution >= 4 is 54.4 Å². The average molecular weight is 708 g/mol. The van der Waals surface area contributed by atoms with E-state index in [1.54, 1.807) is 0 Å². The Morgan fingerprint density at radius 1 is 0.935 bits per heavy atom. The number of rotatable bonds is 8. The Morgan fingerprint density at radius 2 is 1.61 bits per heavy atom. The lowest BCUT2D eigenvalue weighted by molar-refractivity contribution is -0.0274. The zero-order valence-corrected chi connectivity index (χ0v) is 27.1. The third-order valence-electron chi connectivity index (χ3n) is 9.51. The van der Waals surface area contributed by atoms with Gasteiger partial charge < -0.3 is 5.32 Å². The lowest BCUT2D eigenvalue weighted by atomic mass is 9.45. The summed E-state index contributed by atoms with van der Waals surface area (Å²) in [5.74, 6) is -2.32. The number of nitrogens with one attached hydrogen (secondary N) is 2. The number of sulfone groups is 1. The number of hydrogen-bond acceptors (Lipinski definition) is 9. The summed E-state index contributed by atoms with van der Waals surface area (Å²) in [5, 5.41) is 4.26. The minimum atomic E-state index is -4.84. The molecule has 5 aliphatic rings. The summed E-state index contributed by atoms with van der Waals surface area (Å²) in [6, 6.07) is 6.63. The predicted molar refractivity (Wildman–Crippen MR) is 167 cm³/mol. The van der Waals surface area contributed by atoms with E-state index in [0.29, 0.717) is 29.3 Å². The van der Waals surface area contributed by atoms with Gasteiger partial charge in [-0.25, -0.2) is 45.0 Å². The first-order valence-electron chi connectivity index (χ1n) is 14.5. The van der Waals surface area contributed by atoms with Crippen LogP contribution >= 0.6 is 22.9 Å². The smallest absolute Gasteiger partial charge is 0.267 e. The van der Waals surface area contributed by atoms with Crippen LogP contribution < -0.4 is 10.0 Å². The molecule has 2 bridgehead atoms. The number of sulfonamides is 1. The fourth-order valence-corrected chi connectivity index (χ4v) is 12.3. The Kier molecular flexibility index (Phi) is 6.62. The second kappa shape index (κ2) is 10.1. The second-order valence-corrected chi connectivity index (χ2v) is 18.0. The van der Waals surface area contributed by atoms with Gasteiger partial charge in [0.2, 0.25) is 5.95 Å². The average Bonchev–Trinajstić information content (AvgIpc) is 3.31. The van der Waals surface area contributed by atoms with Crippen molar-refractivity contribution in [3.05, 3.63) is 70.1 Å². The molecule has 1 spiro atoms.